The van der Waals surface area contributed by atoms with Crippen LogP contribution in [0.2, 0.25) is 0 Å². The zero-order valence-corrected chi connectivity index (χ0v) is 10.0. The van der Waals surface area contributed by atoms with E-state index in [0.717, 1.165) is 5.01 Å². The molecule has 2 rings (SSSR count). The molecule has 6 heteroatoms. The van der Waals surface area contributed by atoms with Gasteiger partial charge in [-0.05, 0) is 13.8 Å². The third-order valence-electron chi connectivity index (χ3n) is 2.71. The largest absolute Gasteiger partial charge is 0.345 e. The van der Waals surface area contributed by atoms with Gasteiger partial charge < -0.3 is 10.2 Å². The van der Waals surface area contributed by atoms with Gasteiger partial charge in [-0.15, -0.1) is 11.3 Å². The zero-order valence-electron chi connectivity index (χ0n) is 9.19. The topological polar surface area (TPSA) is 62.3 Å². The summed E-state index contributed by atoms with van der Waals surface area (Å²) in [6, 6.07) is 0. The molecule has 1 aromatic rings. The Kier molecular flexibility index (Phi) is 2.67. The molecule has 1 N–H and O–H groups in total. The molecular formula is C10H13N3O2S. The van der Waals surface area contributed by atoms with Crippen molar-refractivity contribution in [1.29, 1.82) is 0 Å². The average Bonchev–Trinajstić information content (AvgIpc) is 2.72. The molecule has 2 heterocycles. The highest BCUT2D eigenvalue weighted by molar-refractivity contribution is 7.09. The normalized spacial score (nSPS) is 19.8. The number of hydrogen-bond acceptors (Lipinski definition) is 4. The van der Waals surface area contributed by atoms with Crippen LogP contribution in [-0.4, -0.2) is 33.8 Å². The van der Waals surface area contributed by atoms with E-state index >= 15 is 0 Å². The van der Waals surface area contributed by atoms with Gasteiger partial charge in [0.1, 0.15) is 10.5 Å². The van der Waals surface area contributed by atoms with Gasteiger partial charge in [0.2, 0.25) is 11.8 Å². The van der Waals surface area contributed by atoms with E-state index < -0.39 is 5.54 Å². The zero-order chi connectivity index (χ0) is 11.8. The fraction of sp³-hybridized carbons (Fsp3) is 0.500. The Morgan fingerprint density at radius 2 is 2.31 bits per heavy atom. The van der Waals surface area contributed by atoms with Crippen molar-refractivity contribution in [3.8, 4) is 0 Å². The second kappa shape index (κ2) is 3.86. The summed E-state index contributed by atoms with van der Waals surface area (Å²) in [6.45, 7) is 3.96. The molecule has 0 bridgehead atoms. The molecule has 0 radical (unpaired) electrons. The maximum Gasteiger partial charge on any atom is 0.245 e. The van der Waals surface area contributed by atoms with Crippen molar-refractivity contribution in [2.24, 2.45) is 0 Å². The number of carbonyl (C=O) groups excluding carboxylic acids is 2. The molecule has 2 amide bonds. The highest BCUT2D eigenvalue weighted by atomic mass is 32.1. The first-order chi connectivity index (χ1) is 7.51. The van der Waals surface area contributed by atoms with Gasteiger partial charge in [0.05, 0.1) is 13.1 Å². The van der Waals surface area contributed by atoms with Crippen molar-refractivity contribution < 1.29 is 9.59 Å². The molecule has 1 aliphatic heterocycles. The van der Waals surface area contributed by atoms with Crippen molar-refractivity contribution in [1.82, 2.24) is 15.2 Å². The van der Waals surface area contributed by atoms with Gasteiger partial charge in [-0.25, -0.2) is 4.98 Å². The van der Waals surface area contributed by atoms with E-state index in [1.165, 1.54) is 11.3 Å². The molecule has 5 nitrogen and oxygen atoms in total. The Labute approximate surface area is 97.5 Å². The van der Waals surface area contributed by atoms with E-state index in [9.17, 15) is 9.59 Å². The molecule has 1 fully saturated rings. The lowest BCUT2D eigenvalue weighted by atomic mass is 9.99. The molecule has 1 aliphatic rings. The molecule has 1 aromatic heterocycles. The van der Waals surface area contributed by atoms with Crippen LogP contribution in [-0.2, 0) is 16.1 Å². The molecule has 0 spiro atoms. The van der Waals surface area contributed by atoms with Crippen LogP contribution in [0.4, 0.5) is 0 Å². The molecule has 0 aliphatic carbocycles. The SMILES string of the molecule is CC1(C)C(=O)NCC(=O)N1Cc1nccs1. The smallest absolute Gasteiger partial charge is 0.245 e. The molecule has 0 unspecified atom stereocenters. The number of carbonyl (C=O) groups is 2. The highest BCUT2D eigenvalue weighted by Crippen LogP contribution is 2.21. The fourth-order valence-corrected chi connectivity index (χ4v) is 2.26. The summed E-state index contributed by atoms with van der Waals surface area (Å²) < 4.78 is 0. The van der Waals surface area contributed by atoms with Crippen LogP contribution >= 0.6 is 11.3 Å². The van der Waals surface area contributed by atoms with Crippen LogP contribution in [0.25, 0.3) is 0 Å². The standard InChI is InChI=1S/C10H13N3O2S/c1-10(2)9(15)12-5-8(14)13(10)6-7-11-3-4-16-7/h3-4H,5-6H2,1-2H3,(H,12,15). The monoisotopic (exact) mass is 239 g/mol. The summed E-state index contributed by atoms with van der Waals surface area (Å²) in [7, 11) is 0. The molecular weight excluding hydrogens is 226 g/mol. The van der Waals surface area contributed by atoms with Crippen LogP contribution in [0.5, 0.6) is 0 Å². The first kappa shape index (κ1) is 11.1. The summed E-state index contributed by atoms with van der Waals surface area (Å²) in [6.07, 6.45) is 1.70. The maximum atomic E-state index is 11.8. The minimum Gasteiger partial charge on any atom is -0.345 e. The highest BCUT2D eigenvalue weighted by Gasteiger charge is 2.41. The molecule has 1 saturated heterocycles. The van der Waals surface area contributed by atoms with Crippen LogP contribution in [0.1, 0.15) is 18.9 Å². The van der Waals surface area contributed by atoms with Gasteiger partial charge in [0, 0.05) is 11.6 Å². The number of amides is 2. The fourth-order valence-electron chi connectivity index (χ4n) is 1.65. The van der Waals surface area contributed by atoms with Crippen molar-refractivity contribution >= 4 is 23.2 Å². The van der Waals surface area contributed by atoms with Crippen molar-refractivity contribution in [2.75, 3.05) is 6.54 Å². The van der Waals surface area contributed by atoms with Crippen LogP contribution in [0, 0.1) is 0 Å². The Hall–Kier alpha value is -1.43. The number of aromatic nitrogens is 1. The summed E-state index contributed by atoms with van der Waals surface area (Å²) in [4.78, 5) is 29.2. The molecule has 16 heavy (non-hydrogen) atoms. The number of thiazole rings is 1. The lowest BCUT2D eigenvalue weighted by Crippen LogP contribution is -2.63. The van der Waals surface area contributed by atoms with E-state index in [-0.39, 0.29) is 18.4 Å². The third-order valence-corrected chi connectivity index (χ3v) is 3.47. The maximum absolute atomic E-state index is 11.8. The molecule has 0 saturated carbocycles. The molecule has 0 atom stereocenters. The molecule has 86 valence electrons. The Morgan fingerprint density at radius 3 is 2.94 bits per heavy atom. The first-order valence-corrected chi connectivity index (χ1v) is 5.87. The van der Waals surface area contributed by atoms with E-state index in [1.54, 1.807) is 24.9 Å². The summed E-state index contributed by atoms with van der Waals surface area (Å²) in [5.74, 6) is -0.191. The molecule has 0 aromatic carbocycles. The predicted molar refractivity (Wildman–Crippen MR) is 59.8 cm³/mol. The van der Waals surface area contributed by atoms with E-state index in [0.29, 0.717) is 6.54 Å². The van der Waals surface area contributed by atoms with Crippen LogP contribution < -0.4 is 5.32 Å². The van der Waals surface area contributed by atoms with E-state index in [2.05, 4.69) is 10.3 Å². The summed E-state index contributed by atoms with van der Waals surface area (Å²) in [5.41, 5.74) is -0.805. The average molecular weight is 239 g/mol. The third kappa shape index (κ3) is 1.80. The van der Waals surface area contributed by atoms with Gasteiger partial charge in [-0.3, -0.25) is 9.59 Å². The van der Waals surface area contributed by atoms with Gasteiger partial charge >= 0.3 is 0 Å². The van der Waals surface area contributed by atoms with Crippen molar-refractivity contribution in [3.63, 3.8) is 0 Å². The summed E-state index contributed by atoms with van der Waals surface area (Å²) >= 11 is 1.48. The van der Waals surface area contributed by atoms with Crippen LogP contribution in [0.15, 0.2) is 11.6 Å². The lowest BCUT2D eigenvalue weighted by molar-refractivity contribution is -0.152. The minimum atomic E-state index is -0.805. The predicted octanol–water partition coefficient (Wildman–Crippen LogP) is 0.380. The van der Waals surface area contributed by atoms with Crippen molar-refractivity contribution in [3.05, 3.63) is 16.6 Å². The van der Waals surface area contributed by atoms with Gasteiger partial charge in [-0.1, -0.05) is 0 Å². The van der Waals surface area contributed by atoms with Crippen molar-refractivity contribution in [2.45, 2.75) is 25.9 Å². The van der Waals surface area contributed by atoms with E-state index in [1.807, 2.05) is 5.38 Å². The Bertz CT molecular complexity index is 414. The Balaban J connectivity index is 2.22. The van der Waals surface area contributed by atoms with Gasteiger partial charge in [-0.2, -0.15) is 0 Å². The number of piperazine rings is 1. The second-order valence-electron chi connectivity index (χ2n) is 4.15. The second-order valence-corrected chi connectivity index (χ2v) is 5.13. The van der Waals surface area contributed by atoms with E-state index in [4.69, 9.17) is 0 Å². The van der Waals surface area contributed by atoms with Gasteiger partial charge in [0.25, 0.3) is 0 Å². The number of hydrogen-bond donors (Lipinski definition) is 1. The minimum absolute atomic E-state index is 0.0696. The quantitative estimate of drug-likeness (QED) is 0.811. The number of nitrogens with one attached hydrogen (secondary N) is 1. The first-order valence-electron chi connectivity index (χ1n) is 4.99. The summed E-state index contributed by atoms with van der Waals surface area (Å²) in [5, 5.41) is 5.29. The van der Waals surface area contributed by atoms with Crippen LogP contribution in [0.3, 0.4) is 0 Å². The lowest BCUT2D eigenvalue weighted by Gasteiger charge is -2.40. The number of rotatable bonds is 2. The Morgan fingerprint density at radius 1 is 1.56 bits per heavy atom. The van der Waals surface area contributed by atoms with Gasteiger partial charge in [0.15, 0.2) is 0 Å². The number of nitrogens with zero attached hydrogens (tertiary/aromatic N) is 2.